The number of carbonyl (C=O) groups excluding carboxylic acids is 3. The number of ether oxygens (including phenoxy) is 6. The standard InChI is InChI=1S/C12H16O9/c1-5(13)17-4-7-8(18-6(2)14)9-10(11(16-3)19-7)21-12(15)20-9/h7-11H,4H2,1-3H3. The van der Waals surface area contributed by atoms with Crippen LogP contribution >= 0.6 is 0 Å². The Balaban J connectivity index is 2.18. The minimum atomic E-state index is -0.954. The molecule has 0 aliphatic carbocycles. The molecule has 0 aromatic carbocycles. The van der Waals surface area contributed by atoms with Crippen LogP contribution in [0.25, 0.3) is 0 Å². The van der Waals surface area contributed by atoms with E-state index in [-0.39, 0.29) is 6.61 Å². The van der Waals surface area contributed by atoms with Crippen LogP contribution in [0.5, 0.6) is 0 Å². The lowest BCUT2D eigenvalue weighted by Gasteiger charge is -2.39. The van der Waals surface area contributed by atoms with E-state index >= 15 is 0 Å². The molecule has 0 saturated carbocycles. The van der Waals surface area contributed by atoms with Gasteiger partial charge in [-0.05, 0) is 0 Å². The summed E-state index contributed by atoms with van der Waals surface area (Å²) >= 11 is 0. The van der Waals surface area contributed by atoms with Crippen molar-refractivity contribution in [2.24, 2.45) is 0 Å². The van der Waals surface area contributed by atoms with Crippen molar-refractivity contribution in [2.45, 2.75) is 44.6 Å². The third-order valence-electron chi connectivity index (χ3n) is 3.04. The number of hydrogen-bond acceptors (Lipinski definition) is 9. The van der Waals surface area contributed by atoms with Gasteiger partial charge in [-0.2, -0.15) is 0 Å². The second kappa shape index (κ2) is 6.27. The Morgan fingerprint density at radius 1 is 1.14 bits per heavy atom. The van der Waals surface area contributed by atoms with E-state index in [4.69, 9.17) is 28.4 Å². The predicted molar refractivity (Wildman–Crippen MR) is 63.0 cm³/mol. The first-order valence-electron chi connectivity index (χ1n) is 6.28. The molecule has 0 N–H and O–H groups in total. The van der Waals surface area contributed by atoms with Gasteiger partial charge in [-0.3, -0.25) is 9.59 Å². The molecule has 2 aliphatic heterocycles. The molecular formula is C12H16O9. The van der Waals surface area contributed by atoms with Crippen molar-refractivity contribution < 1.29 is 42.8 Å². The van der Waals surface area contributed by atoms with Crippen molar-refractivity contribution in [2.75, 3.05) is 13.7 Å². The first-order valence-corrected chi connectivity index (χ1v) is 6.28. The molecule has 2 heterocycles. The van der Waals surface area contributed by atoms with Crippen LogP contribution in [0.1, 0.15) is 13.8 Å². The Morgan fingerprint density at radius 2 is 1.81 bits per heavy atom. The number of methoxy groups -OCH3 is 1. The third kappa shape index (κ3) is 3.42. The van der Waals surface area contributed by atoms with Crippen molar-refractivity contribution >= 4 is 18.1 Å². The average molecular weight is 304 g/mol. The van der Waals surface area contributed by atoms with Gasteiger partial charge in [0.25, 0.3) is 0 Å². The summed E-state index contributed by atoms with van der Waals surface area (Å²) in [7, 11) is 1.36. The maximum Gasteiger partial charge on any atom is 0.509 e. The van der Waals surface area contributed by atoms with Gasteiger partial charge in [-0.15, -0.1) is 0 Å². The molecule has 2 aliphatic rings. The summed E-state index contributed by atoms with van der Waals surface area (Å²) in [6, 6.07) is 0. The van der Waals surface area contributed by atoms with Gasteiger partial charge in [-0.25, -0.2) is 4.79 Å². The van der Waals surface area contributed by atoms with Crippen LogP contribution in [0.15, 0.2) is 0 Å². The van der Waals surface area contributed by atoms with E-state index in [0.717, 1.165) is 0 Å². The first-order chi connectivity index (χ1) is 9.92. The summed E-state index contributed by atoms with van der Waals surface area (Å²) in [5, 5.41) is 0. The van der Waals surface area contributed by atoms with Crippen LogP contribution in [0, 0.1) is 0 Å². The van der Waals surface area contributed by atoms with Crippen LogP contribution < -0.4 is 0 Å². The molecule has 0 aromatic rings. The van der Waals surface area contributed by atoms with Gasteiger partial charge in [0.15, 0.2) is 24.6 Å². The van der Waals surface area contributed by atoms with Crippen LogP contribution in [-0.4, -0.2) is 62.5 Å². The van der Waals surface area contributed by atoms with Crippen LogP contribution in [0.4, 0.5) is 4.79 Å². The van der Waals surface area contributed by atoms with Gasteiger partial charge in [0.1, 0.15) is 12.7 Å². The molecular weight excluding hydrogens is 288 g/mol. The molecule has 0 bridgehead atoms. The lowest BCUT2D eigenvalue weighted by molar-refractivity contribution is -0.275. The molecule has 2 rings (SSSR count). The second-order valence-electron chi connectivity index (χ2n) is 4.57. The lowest BCUT2D eigenvalue weighted by Crippen LogP contribution is -2.59. The normalized spacial score (nSPS) is 34.4. The van der Waals surface area contributed by atoms with Crippen molar-refractivity contribution in [3.8, 4) is 0 Å². The Hall–Kier alpha value is -1.87. The molecule has 2 saturated heterocycles. The van der Waals surface area contributed by atoms with Gasteiger partial charge >= 0.3 is 18.1 Å². The summed E-state index contributed by atoms with van der Waals surface area (Å²) in [5.41, 5.74) is 0. The fourth-order valence-electron chi connectivity index (χ4n) is 2.25. The Morgan fingerprint density at radius 3 is 2.38 bits per heavy atom. The monoisotopic (exact) mass is 304 g/mol. The molecule has 0 spiro atoms. The maximum atomic E-state index is 11.3. The average Bonchev–Trinajstić information content (AvgIpc) is 2.78. The zero-order valence-electron chi connectivity index (χ0n) is 11.8. The highest BCUT2D eigenvalue weighted by molar-refractivity contribution is 5.67. The largest absolute Gasteiger partial charge is 0.509 e. The molecule has 9 nitrogen and oxygen atoms in total. The summed E-state index contributed by atoms with van der Waals surface area (Å²) in [6.45, 7) is 2.27. The van der Waals surface area contributed by atoms with Gasteiger partial charge < -0.3 is 28.4 Å². The predicted octanol–water partition coefficient (Wildman–Crippen LogP) is -0.243. The molecule has 0 radical (unpaired) electrons. The van der Waals surface area contributed by atoms with Crippen molar-refractivity contribution in [1.29, 1.82) is 0 Å². The van der Waals surface area contributed by atoms with E-state index in [1.807, 2.05) is 0 Å². The summed E-state index contributed by atoms with van der Waals surface area (Å²) in [5.74, 6) is -1.11. The Labute approximate surface area is 120 Å². The van der Waals surface area contributed by atoms with E-state index in [1.54, 1.807) is 0 Å². The summed E-state index contributed by atoms with van der Waals surface area (Å²) < 4.78 is 30.6. The number of hydrogen-bond donors (Lipinski definition) is 0. The van der Waals surface area contributed by atoms with Gasteiger partial charge in [0.05, 0.1) is 0 Å². The highest BCUT2D eigenvalue weighted by atomic mass is 16.8. The number of esters is 2. The van der Waals surface area contributed by atoms with Gasteiger partial charge in [0, 0.05) is 21.0 Å². The van der Waals surface area contributed by atoms with E-state index < -0.39 is 48.8 Å². The number of fused-ring (bicyclic) bond motifs is 1. The highest BCUT2D eigenvalue weighted by Crippen LogP contribution is 2.33. The van der Waals surface area contributed by atoms with E-state index in [9.17, 15) is 14.4 Å². The van der Waals surface area contributed by atoms with Crippen LogP contribution in [-0.2, 0) is 38.0 Å². The molecule has 5 atom stereocenters. The third-order valence-corrected chi connectivity index (χ3v) is 3.04. The maximum absolute atomic E-state index is 11.3. The fraction of sp³-hybridized carbons (Fsp3) is 0.750. The Kier molecular flexibility index (Phi) is 4.63. The summed E-state index contributed by atoms with van der Waals surface area (Å²) in [4.78, 5) is 33.4. The van der Waals surface area contributed by atoms with E-state index in [1.165, 1.54) is 21.0 Å². The highest BCUT2D eigenvalue weighted by Gasteiger charge is 2.56. The van der Waals surface area contributed by atoms with E-state index in [2.05, 4.69) is 0 Å². The van der Waals surface area contributed by atoms with Gasteiger partial charge in [-0.1, -0.05) is 0 Å². The zero-order chi connectivity index (χ0) is 15.6. The fourth-order valence-corrected chi connectivity index (χ4v) is 2.25. The van der Waals surface area contributed by atoms with Gasteiger partial charge in [0.2, 0.25) is 0 Å². The number of rotatable bonds is 4. The minimum Gasteiger partial charge on any atom is -0.463 e. The SMILES string of the molecule is COC1OC(COC(C)=O)C(OC(C)=O)C2OC(=O)OC12. The second-order valence-corrected chi connectivity index (χ2v) is 4.57. The summed E-state index contributed by atoms with van der Waals surface area (Å²) in [6.07, 6.45) is -5.35. The molecule has 0 amide bonds. The quantitative estimate of drug-likeness (QED) is 0.513. The topological polar surface area (TPSA) is 107 Å². The molecule has 21 heavy (non-hydrogen) atoms. The first kappa shape index (κ1) is 15.5. The van der Waals surface area contributed by atoms with Crippen molar-refractivity contribution in [1.82, 2.24) is 0 Å². The van der Waals surface area contributed by atoms with Crippen LogP contribution in [0.3, 0.4) is 0 Å². The van der Waals surface area contributed by atoms with E-state index in [0.29, 0.717) is 0 Å². The number of carbonyl (C=O) groups is 3. The Bertz CT molecular complexity index is 434. The van der Waals surface area contributed by atoms with Crippen molar-refractivity contribution in [3.63, 3.8) is 0 Å². The zero-order valence-corrected chi connectivity index (χ0v) is 11.8. The smallest absolute Gasteiger partial charge is 0.463 e. The van der Waals surface area contributed by atoms with Crippen LogP contribution in [0.2, 0.25) is 0 Å². The molecule has 118 valence electrons. The molecule has 5 unspecified atom stereocenters. The minimum absolute atomic E-state index is 0.173. The lowest BCUT2D eigenvalue weighted by atomic mass is 9.99. The molecule has 0 aromatic heterocycles. The molecule has 2 fully saturated rings. The van der Waals surface area contributed by atoms with Crippen molar-refractivity contribution in [3.05, 3.63) is 0 Å². The molecule has 9 heteroatoms.